The van der Waals surface area contributed by atoms with Gasteiger partial charge >= 0.3 is 18.5 Å². The maximum Gasteiger partial charge on any atom is 0.508 e. The van der Waals surface area contributed by atoms with E-state index in [0.717, 1.165) is 28.9 Å². The van der Waals surface area contributed by atoms with E-state index in [1.54, 1.807) is 7.11 Å². The molecule has 3 fully saturated rings. The van der Waals surface area contributed by atoms with Gasteiger partial charge in [-0.2, -0.15) is 0 Å². The van der Waals surface area contributed by atoms with Gasteiger partial charge in [-0.3, -0.25) is 4.79 Å². The number of benzene rings is 2. The Morgan fingerprint density at radius 1 is 0.688 bits per heavy atom. The summed E-state index contributed by atoms with van der Waals surface area (Å²) in [6.45, 7) is 3.86. The molecule has 3 heterocycles. The molecule has 48 heavy (non-hydrogen) atoms. The summed E-state index contributed by atoms with van der Waals surface area (Å²) in [5.41, 5.74) is 4.30. The first-order valence-electron chi connectivity index (χ1n) is 16.1. The fraction of sp³-hybridized carbons (Fsp3) is 0.529. The molecule has 3 aliphatic rings. The zero-order valence-electron chi connectivity index (χ0n) is 27.0. The number of nitrogens with zero attached hydrogens (tertiary/aromatic N) is 2. The highest BCUT2D eigenvalue weighted by atomic mass is 16.8. The van der Waals surface area contributed by atoms with Gasteiger partial charge in [0.15, 0.2) is 0 Å². The van der Waals surface area contributed by atoms with Gasteiger partial charge < -0.3 is 47.7 Å². The number of methoxy groups -OCH3 is 1. The van der Waals surface area contributed by atoms with Crippen LogP contribution in [0.5, 0.6) is 0 Å². The molecule has 0 amide bonds. The molecule has 0 aromatic heterocycles. The van der Waals surface area contributed by atoms with Gasteiger partial charge in [0.1, 0.15) is 44.7 Å². The van der Waals surface area contributed by atoms with Gasteiger partial charge in [0.25, 0.3) is 6.47 Å². The van der Waals surface area contributed by atoms with Crippen LogP contribution in [0.25, 0.3) is 0 Å². The highest BCUT2D eigenvalue weighted by molar-refractivity contribution is 5.62. The van der Waals surface area contributed by atoms with Crippen molar-refractivity contribution in [2.45, 2.75) is 56.5 Å². The van der Waals surface area contributed by atoms with E-state index >= 15 is 0 Å². The standard InChI is InChI=1S/C34H42N2O12/c1-41-28(19-42-23-37)10-14-35(15-11-29-20-43-32(38)46-29)26-6-2-24(3-7-26)18-25-4-8-27(9-5-25)36(16-12-30-21-44-33(39)47-30)17-13-31-22-45-34(40)48-31/h2-9,23,28-31H,10-22H2,1H3. The number of ether oxygens (including phenoxy) is 8. The molecule has 3 aliphatic heterocycles. The Hall–Kier alpha value is -4.72. The molecule has 4 unspecified atom stereocenters. The zero-order valence-corrected chi connectivity index (χ0v) is 27.0. The van der Waals surface area contributed by atoms with E-state index in [-0.39, 0.29) is 50.8 Å². The Morgan fingerprint density at radius 3 is 1.46 bits per heavy atom. The van der Waals surface area contributed by atoms with E-state index in [2.05, 4.69) is 58.3 Å². The molecule has 5 rings (SSSR count). The summed E-state index contributed by atoms with van der Waals surface area (Å²) in [6, 6.07) is 16.7. The molecule has 0 saturated carbocycles. The minimum atomic E-state index is -0.640. The van der Waals surface area contributed by atoms with Gasteiger partial charge in [-0.15, -0.1) is 0 Å². The van der Waals surface area contributed by atoms with Crippen molar-refractivity contribution in [2.24, 2.45) is 0 Å². The molecule has 14 heteroatoms. The SMILES string of the molecule is COC(CCN(CCC1COC(=O)O1)c1ccc(Cc2ccc(N(CCC3COC(=O)O3)CCC3COC(=O)O3)cc2)cc1)COC=O. The fourth-order valence-electron chi connectivity index (χ4n) is 5.76. The van der Waals surface area contributed by atoms with Crippen molar-refractivity contribution < 1.29 is 57.1 Å². The second-order valence-corrected chi connectivity index (χ2v) is 11.8. The number of cyclic esters (lactones) is 6. The van der Waals surface area contributed by atoms with Crippen LogP contribution < -0.4 is 9.80 Å². The average molecular weight is 671 g/mol. The van der Waals surface area contributed by atoms with Crippen molar-refractivity contribution in [2.75, 3.05) is 69.5 Å². The molecule has 0 aliphatic carbocycles. The molecule has 0 N–H and O–H groups in total. The highest BCUT2D eigenvalue weighted by Crippen LogP contribution is 2.24. The van der Waals surface area contributed by atoms with Crippen molar-refractivity contribution in [3.05, 3.63) is 59.7 Å². The van der Waals surface area contributed by atoms with E-state index in [9.17, 15) is 19.2 Å². The zero-order chi connectivity index (χ0) is 33.7. The monoisotopic (exact) mass is 670 g/mol. The lowest BCUT2D eigenvalue weighted by Gasteiger charge is -2.27. The summed E-state index contributed by atoms with van der Waals surface area (Å²) in [5.74, 6) is 0. The van der Waals surface area contributed by atoms with Crippen LogP contribution in [-0.4, -0.2) is 109 Å². The minimum absolute atomic E-state index is 0.174. The minimum Gasteiger partial charge on any atom is -0.465 e. The Morgan fingerprint density at radius 2 is 1.10 bits per heavy atom. The van der Waals surface area contributed by atoms with Crippen LogP contribution in [0.4, 0.5) is 25.8 Å². The number of carbonyl (C=O) groups excluding carboxylic acids is 4. The fourth-order valence-corrected chi connectivity index (χ4v) is 5.76. The number of hydrogen-bond acceptors (Lipinski definition) is 14. The smallest absolute Gasteiger partial charge is 0.465 e. The molecule has 14 nitrogen and oxygen atoms in total. The average Bonchev–Trinajstić information content (AvgIpc) is 3.84. The maximum absolute atomic E-state index is 11.4. The lowest BCUT2D eigenvalue weighted by molar-refractivity contribution is -0.132. The summed E-state index contributed by atoms with van der Waals surface area (Å²) in [6.07, 6.45) is 0.148. The first kappa shape index (κ1) is 34.6. The van der Waals surface area contributed by atoms with Crippen LogP contribution in [0.2, 0.25) is 0 Å². The van der Waals surface area contributed by atoms with Gasteiger partial charge in [-0.05, 0) is 48.2 Å². The highest BCUT2D eigenvalue weighted by Gasteiger charge is 2.28. The summed E-state index contributed by atoms with van der Waals surface area (Å²) < 4.78 is 40.8. The topological polar surface area (TPSA) is 149 Å². The van der Waals surface area contributed by atoms with E-state index in [4.69, 9.17) is 37.9 Å². The second kappa shape index (κ2) is 17.4. The molecule has 260 valence electrons. The summed E-state index contributed by atoms with van der Waals surface area (Å²) in [4.78, 5) is 49.1. The van der Waals surface area contributed by atoms with Crippen LogP contribution >= 0.6 is 0 Å². The first-order valence-corrected chi connectivity index (χ1v) is 16.1. The van der Waals surface area contributed by atoms with Gasteiger partial charge in [0.05, 0.1) is 6.10 Å². The van der Waals surface area contributed by atoms with Gasteiger partial charge in [0.2, 0.25) is 0 Å². The van der Waals surface area contributed by atoms with E-state index in [1.165, 1.54) is 0 Å². The Labute approximate surface area is 279 Å². The quantitative estimate of drug-likeness (QED) is 0.112. The predicted molar refractivity (Wildman–Crippen MR) is 170 cm³/mol. The summed E-state index contributed by atoms with van der Waals surface area (Å²) in [7, 11) is 1.59. The number of carbonyl (C=O) groups is 4. The van der Waals surface area contributed by atoms with Crippen LogP contribution in [-0.2, 0) is 49.1 Å². The number of hydrogen-bond donors (Lipinski definition) is 0. The molecular weight excluding hydrogens is 628 g/mol. The van der Waals surface area contributed by atoms with Crippen molar-refractivity contribution in [1.82, 2.24) is 0 Å². The third-order valence-electron chi connectivity index (χ3n) is 8.53. The first-order chi connectivity index (χ1) is 23.4. The summed E-state index contributed by atoms with van der Waals surface area (Å²) in [5, 5.41) is 0. The van der Waals surface area contributed by atoms with E-state index < -0.39 is 18.5 Å². The lowest BCUT2D eigenvalue weighted by atomic mass is 10.0. The Bertz CT molecular complexity index is 1320. The van der Waals surface area contributed by atoms with Crippen LogP contribution in [0, 0.1) is 0 Å². The number of rotatable bonds is 20. The van der Waals surface area contributed by atoms with Gasteiger partial charge in [-0.25, -0.2) is 14.4 Å². The molecular formula is C34H42N2O12. The third-order valence-corrected chi connectivity index (χ3v) is 8.53. The van der Waals surface area contributed by atoms with E-state index in [1.807, 2.05) is 0 Å². The molecule has 2 aromatic rings. The van der Waals surface area contributed by atoms with Crippen LogP contribution in [0.3, 0.4) is 0 Å². The van der Waals surface area contributed by atoms with Crippen molar-refractivity contribution in [3.63, 3.8) is 0 Å². The largest absolute Gasteiger partial charge is 0.508 e. The maximum atomic E-state index is 11.4. The second-order valence-electron chi connectivity index (χ2n) is 11.8. The molecule has 0 bridgehead atoms. The summed E-state index contributed by atoms with van der Waals surface area (Å²) >= 11 is 0. The molecule has 4 atom stereocenters. The van der Waals surface area contributed by atoms with Gasteiger partial charge in [0, 0.05) is 63.9 Å². The number of anilines is 2. The molecule has 0 spiro atoms. The third kappa shape index (κ3) is 10.4. The van der Waals surface area contributed by atoms with E-state index in [0.29, 0.717) is 58.3 Å². The molecule has 0 radical (unpaired) electrons. The van der Waals surface area contributed by atoms with Crippen LogP contribution in [0.15, 0.2) is 48.5 Å². The van der Waals surface area contributed by atoms with Crippen molar-refractivity contribution >= 4 is 36.3 Å². The molecule has 2 aromatic carbocycles. The van der Waals surface area contributed by atoms with Gasteiger partial charge in [-0.1, -0.05) is 24.3 Å². The van der Waals surface area contributed by atoms with Crippen molar-refractivity contribution in [1.29, 1.82) is 0 Å². The van der Waals surface area contributed by atoms with Crippen LogP contribution in [0.1, 0.15) is 36.8 Å². The molecule has 3 saturated heterocycles. The Balaban J connectivity index is 1.19. The Kier molecular flexibility index (Phi) is 12.6. The van der Waals surface area contributed by atoms with Crippen molar-refractivity contribution in [3.8, 4) is 0 Å². The lowest BCUT2D eigenvalue weighted by Crippen LogP contribution is -2.32. The normalized spacial score (nSPS) is 20.5. The predicted octanol–water partition coefficient (Wildman–Crippen LogP) is 4.24.